The van der Waals surface area contributed by atoms with E-state index in [1.165, 1.54) is 25.9 Å². The molecule has 1 saturated carbocycles. The molecule has 2 rings (SSSR count). The Balaban J connectivity index is 2.13. The van der Waals surface area contributed by atoms with Gasteiger partial charge in [0.2, 0.25) is 0 Å². The molecule has 2 heteroatoms. The Morgan fingerprint density at radius 2 is 2.40 bits per heavy atom. The van der Waals surface area contributed by atoms with E-state index in [9.17, 15) is 0 Å². The van der Waals surface area contributed by atoms with E-state index in [4.69, 9.17) is 5.73 Å². The summed E-state index contributed by atoms with van der Waals surface area (Å²) in [5, 5.41) is 3.42. The van der Waals surface area contributed by atoms with Crippen LogP contribution in [0.1, 0.15) is 19.8 Å². The lowest BCUT2D eigenvalue weighted by atomic mass is 9.88. The van der Waals surface area contributed by atoms with E-state index in [1.54, 1.807) is 0 Å². The molecule has 0 radical (unpaired) electrons. The van der Waals surface area contributed by atoms with Gasteiger partial charge in [0, 0.05) is 6.54 Å². The Bertz CT molecular complexity index is 153. The van der Waals surface area contributed by atoms with Gasteiger partial charge < -0.3 is 11.1 Å². The third-order valence-corrected chi connectivity index (χ3v) is 3.57. The molecule has 3 N–H and O–H groups in total. The molecule has 0 spiro atoms. The van der Waals surface area contributed by atoms with Gasteiger partial charge in [0.15, 0.2) is 0 Å². The molecule has 0 bridgehead atoms. The number of piperidine rings is 1. The molecule has 0 aromatic carbocycles. The number of hydrogen-bond acceptors (Lipinski definition) is 2. The van der Waals surface area contributed by atoms with E-state index >= 15 is 0 Å². The van der Waals surface area contributed by atoms with Crippen LogP contribution in [-0.4, -0.2) is 19.6 Å². The summed E-state index contributed by atoms with van der Waals surface area (Å²) >= 11 is 0. The van der Waals surface area contributed by atoms with Crippen LogP contribution in [0.2, 0.25) is 0 Å². The van der Waals surface area contributed by atoms with Crippen molar-refractivity contribution in [2.24, 2.45) is 16.6 Å². The van der Waals surface area contributed by atoms with Crippen LogP contribution in [0, 0.1) is 10.8 Å². The summed E-state index contributed by atoms with van der Waals surface area (Å²) in [5.41, 5.74) is 6.83. The first-order valence-corrected chi connectivity index (χ1v) is 4.13. The highest BCUT2D eigenvalue weighted by molar-refractivity contribution is 5.15. The van der Waals surface area contributed by atoms with Crippen LogP contribution < -0.4 is 11.1 Å². The first-order valence-electron chi connectivity index (χ1n) is 4.13. The Labute approximate surface area is 62.2 Å². The van der Waals surface area contributed by atoms with Crippen LogP contribution in [0.5, 0.6) is 0 Å². The molecule has 1 aliphatic heterocycles. The number of nitrogens with one attached hydrogen (secondary N) is 1. The van der Waals surface area contributed by atoms with Gasteiger partial charge in [0.05, 0.1) is 0 Å². The molecule has 2 fully saturated rings. The van der Waals surface area contributed by atoms with Gasteiger partial charge in [-0.2, -0.15) is 0 Å². The lowest BCUT2D eigenvalue weighted by molar-refractivity contribution is 0.280. The smallest absolute Gasteiger partial charge is 0.00112 e. The lowest BCUT2D eigenvalue weighted by Gasteiger charge is -2.27. The molecule has 1 saturated heterocycles. The Morgan fingerprint density at radius 1 is 1.60 bits per heavy atom. The summed E-state index contributed by atoms with van der Waals surface area (Å²) in [7, 11) is 0. The molecule has 0 amide bonds. The van der Waals surface area contributed by atoms with E-state index in [2.05, 4.69) is 12.2 Å². The minimum Gasteiger partial charge on any atom is -0.330 e. The van der Waals surface area contributed by atoms with Crippen molar-refractivity contribution in [2.45, 2.75) is 19.8 Å². The third kappa shape index (κ3) is 0.611. The topological polar surface area (TPSA) is 38.0 Å². The molecule has 0 unspecified atom stereocenters. The summed E-state index contributed by atoms with van der Waals surface area (Å²) < 4.78 is 0. The second-order valence-electron chi connectivity index (χ2n) is 4.15. The molecular formula is C8H16N2. The zero-order valence-electron chi connectivity index (χ0n) is 6.61. The SMILES string of the molecule is C[C@]12CNCC[C@@]1(CN)C2. The Hall–Kier alpha value is -0.0800. The predicted molar refractivity (Wildman–Crippen MR) is 41.7 cm³/mol. The van der Waals surface area contributed by atoms with Crippen molar-refractivity contribution in [1.29, 1.82) is 0 Å². The van der Waals surface area contributed by atoms with Gasteiger partial charge in [0.1, 0.15) is 0 Å². The highest BCUT2D eigenvalue weighted by Gasteiger charge is 2.63. The molecule has 1 aliphatic carbocycles. The second kappa shape index (κ2) is 1.74. The fraction of sp³-hybridized carbons (Fsp3) is 1.00. The first-order chi connectivity index (χ1) is 4.72. The second-order valence-corrected chi connectivity index (χ2v) is 4.15. The Morgan fingerprint density at radius 3 is 2.90 bits per heavy atom. The lowest BCUT2D eigenvalue weighted by Crippen LogP contribution is -2.38. The van der Waals surface area contributed by atoms with E-state index in [-0.39, 0.29) is 0 Å². The molecule has 2 atom stereocenters. The zero-order chi connectivity index (χ0) is 7.24. The van der Waals surface area contributed by atoms with Crippen LogP contribution >= 0.6 is 0 Å². The Kier molecular flexibility index (Phi) is 1.15. The number of rotatable bonds is 1. The first kappa shape index (κ1) is 6.62. The third-order valence-electron chi connectivity index (χ3n) is 3.57. The van der Waals surface area contributed by atoms with Crippen molar-refractivity contribution in [2.75, 3.05) is 19.6 Å². The van der Waals surface area contributed by atoms with Crippen LogP contribution in [0.25, 0.3) is 0 Å². The van der Waals surface area contributed by atoms with E-state index < -0.39 is 0 Å². The maximum atomic E-state index is 5.74. The number of hydrogen-bond donors (Lipinski definition) is 2. The van der Waals surface area contributed by atoms with Gasteiger partial charge in [-0.3, -0.25) is 0 Å². The van der Waals surface area contributed by atoms with Crippen molar-refractivity contribution in [3.63, 3.8) is 0 Å². The minimum atomic E-state index is 0.540. The van der Waals surface area contributed by atoms with Gasteiger partial charge in [0.25, 0.3) is 0 Å². The summed E-state index contributed by atoms with van der Waals surface area (Å²) in [4.78, 5) is 0. The van der Waals surface area contributed by atoms with Gasteiger partial charge in [-0.1, -0.05) is 6.92 Å². The zero-order valence-corrected chi connectivity index (χ0v) is 6.61. The van der Waals surface area contributed by atoms with Crippen molar-refractivity contribution in [3.8, 4) is 0 Å². The van der Waals surface area contributed by atoms with Crippen molar-refractivity contribution in [3.05, 3.63) is 0 Å². The van der Waals surface area contributed by atoms with E-state index in [0.717, 1.165) is 6.54 Å². The molecule has 2 nitrogen and oxygen atoms in total. The van der Waals surface area contributed by atoms with E-state index in [1.807, 2.05) is 0 Å². The van der Waals surface area contributed by atoms with Gasteiger partial charge in [-0.05, 0) is 36.8 Å². The monoisotopic (exact) mass is 140 g/mol. The average Bonchev–Trinajstić information content (AvgIpc) is 2.56. The standard InChI is InChI=1S/C8H16N2/c1-7-4-8(7,5-9)2-3-10-6-7/h10H,2-6,9H2,1H3/t7-,8-/m0/s1. The fourth-order valence-corrected chi connectivity index (χ4v) is 2.46. The van der Waals surface area contributed by atoms with Crippen LogP contribution in [-0.2, 0) is 0 Å². The van der Waals surface area contributed by atoms with E-state index in [0.29, 0.717) is 10.8 Å². The van der Waals surface area contributed by atoms with Crippen molar-refractivity contribution >= 4 is 0 Å². The molecule has 1 heterocycles. The average molecular weight is 140 g/mol. The van der Waals surface area contributed by atoms with Crippen molar-refractivity contribution < 1.29 is 0 Å². The van der Waals surface area contributed by atoms with Gasteiger partial charge >= 0.3 is 0 Å². The van der Waals surface area contributed by atoms with Crippen LogP contribution in [0.4, 0.5) is 0 Å². The van der Waals surface area contributed by atoms with Crippen LogP contribution in [0.15, 0.2) is 0 Å². The summed E-state index contributed by atoms with van der Waals surface area (Å²) in [6, 6.07) is 0. The highest BCUT2D eigenvalue weighted by Crippen LogP contribution is 2.65. The maximum Gasteiger partial charge on any atom is 0.00112 e. The molecule has 0 aromatic heterocycles. The summed E-state index contributed by atoms with van der Waals surface area (Å²) in [6.45, 7) is 5.61. The fourth-order valence-electron chi connectivity index (χ4n) is 2.46. The summed E-state index contributed by atoms with van der Waals surface area (Å²) in [6.07, 6.45) is 2.64. The maximum absolute atomic E-state index is 5.74. The molecular weight excluding hydrogens is 124 g/mol. The van der Waals surface area contributed by atoms with Gasteiger partial charge in [-0.25, -0.2) is 0 Å². The molecule has 58 valence electrons. The quantitative estimate of drug-likeness (QED) is 0.551. The number of nitrogens with two attached hydrogens (primary N) is 1. The van der Waals surface area contributed by atoms with Crippen LogP contribution in [0.3, 0.4) is 0 Å². The normalized spacial score (nSPS) is 52.2. The molecule has 10 heavy (non-hydrogen) atoms. The number of fused-ring (bicyclic) bond motifs is 1. The minimum absolute atomic E-state index is 0.540. The van der Waals surface area contributed by atoms with Gasteiger partial charge in [-0.15, -0.1) is 0 Å². The molecule has 2 aliphatic rings. The predicted octanol–water partition coefficient (Wildman–Crippen LogP) is 0.335. The largest absolute Gasteiger partial charge is 0.330 e. The molecule has 0 aromatic rings. The summed E-state index contributed by atoms with van der Waals surface area (Å²) in [5.74, 6) is 0. The van der Waals surface area contributed by atoms with Crippen molar-refractivity contribution in [1.82, 2.24) is 5.32 Å². The highest BCUT2D eigenvalue weighted by atomic mass is 15.0.